The molecule has 2 amide bonds. The molecule has 8 heteroatoms. The minimum absolute atomic E-state index is 0.0693. The van der Waals surface area contributed by atoms with Gasteiger partial charge < -0.3 is 15.4 Å². The van der Waals surface area contributed by atoms with Crippen LogP contribution in [0.1, 0.15) is 35.7 Å². The van der Waals surface area contributed by atoms with Gasteiger partial charge in [-0.25, -0.2) is 0 Å². The molecule has 0 aliphatic heterocycles. The summed E-state index contributed by atoms with van der Waals surface area (Å²) in [6.45, 7) is 2.80. The summed E-state index contributed by atoms with van der Waals surface area (Å²) >= 11 is 5.89. The third-order valence-electron chi connectivity index (χ3n) is 3.97. The van der Waals surface area contributed by atoms with E-state index in [1.165, 1.54) is 6.92 Å². The Kier molecular flexibility index (Phi) is 7.91. The number of esters is 1. The first-order valence-electron chi connectivity index (χ1n) is 8.87. The molecule has 7 nitrogen and oxygen atoms in total. The van der Waals surface area contributed by atoms with Crippen molar-refractivity contribution in [2.45, 2.75) is 26.7 Å². The zero-order valence-corrected chi connectivity index (χ0v) is 16.8. The number of amides is 2. The highest BCUT2D eigenvalue weighted by molar-refractivity contribution is 6.31. The quantitative estimate of drug-likeness (QED) is 0.504. The predicted molar refractivity (Wildman–Crippen MR) is 110 cm³/mol. The second-order valence-corrected chi connectivity index (χ2v) is 6.79. The Hall–Kier alpha value is -3.19. The van der Waals surface area contributed by atoms with Gasteiger partial charge in [0.1, 0.15) is 0 Å². The van der Waals surface area contributed by atoms with Crippen LogP contribution in [0.25, 0.3) is 0 Å². The number of rotatable bonds is 8. The molecule has 2 aromatic rings. The molecule has 0 atom stereocenters. The van der Waals surface area contributed by atoms with E-state index < -0.39 is 18.5 Å². The molecular weight excluding hydrogens is 396 g/mol. The molecule has 0 saturated heterocycles. The Balaban J connectivity index is 1.72. The van der Waals surface area contributed by atoms with Crippen LogP contribution >= 0.6 is 11.6 Å². The van der Waals surface area contributed by atoms with Crippen LogP contribution in [0.4, 0.5) is 11.4 Å². The fourth-order valence-electron chi connectivity index (χ4n) is 2.36. The molecule has 0 aliphatic carbocycles. The number of nitrogens with one attached hydrogen (secondary N) is 2. The van der Waals surface area contributed by atoms with Crippen molar-refractivity contribution in [1.29, 1.82) is 0 Å². The summed E-state index contributed by atoms with van der Waals surface area (Å²) in [5.74, 6) is -1.61. The number of hydrogen-bond acceptors (Lipinski definition) is 5. The summed E-state index contributed by atoms with van der Waals surface area (Å²) in [5, 5.41) is 5.71. The lowest BCUT2D eigenvalue weighted by atomic mass is 10.1. The van der Waals surface area contributed by atoms with E-state index in [1.54, 1.807) is 42.5 Å². The zero-order chi connectivity index (χ0) is 21.4. The molecule has 0 saturated carbocycles. The number of benzene rings is 2. The maximum atomic E-state index is 11.9. The largest absolute Gasteiger partial charge is 0.456 e. The summed E-state index contributed by atoms with van der Waals surface area (Å²) in [6, 6.07) is 11.5. The third-order valence-corrected chi connectivity index (χ3v) is 4.20. The summed E-state index contributed by atoms with van der Waals surface area (Å²) in [4.78, 5) is 46.8. The van der Waals surface area contributed by atoms with E-state index in [-0.39, 0.29) is 24.5 Å². The van der Waals surface area contributed by atoms with Crippen LogP contribution in [0.15, 0.2) is 42.5 Å². The Morgan fingerprint density at radius 1 is 0.931 bits per heavy atom. The van der Waals surface area contributed by atoms with Gasteiger partial charge in [0.2, 0.25) is 5.91 Å². The Labute approximate surface area is 173 Å². The number of ether oxygens (including phenoxy) is 1. The summed E-state index contributed by atoms with van der Waals surface area (Å²) in [5.41, 5.74) is 2.42. The van der Waals surface area contributed by atoms with E-state index in [1.807, 2.05) is 6.92 Å². The van der Waals surface area contributed by atoms with Crippen LogP contribution in [-0.2, 0) is 19.1 Å². The Morgan fingerprint density at radius 2 is 1.62 bits per heavy atom. The van der Waals surface area contributed by atoms with Crippen molar-refractivity contribution in [2.75, 3.05) is 17.2 Å². The second-order valence-electron chi connectivity index (χ2n) is 6.35. The van der Waals surface area contributed by atoms with Gasteiger partial charge in [0.25, 0.3) is 5.91 Å². The van der Waals surface area contributed by atoms with Gasteiger partial charge in [-0.2, -0.15) is 0 Å². The number of anilines is 2. The highest BCUT2D eigenvalue weighted by atomic mass is 35.5. The van der Waals surface area contributed by atoms with Gasteiger partial charge >= 0.3 is 5.97 Å². The van der Waals surface area contributed by atoms with E-state index in [4.69, 9.17) is 16.3 Å². The fraction of sp³-hybridized carbons (Fsp3) is 0.238. The molecule has 0 bridgehead atoms. The smallest absolute Gasteiger partial charge is 0.306 e. The van der Waals surface area contributed by atoms with Gasteiger partial charge in [-0.05, 0) is 55.8 Å². The van der Waals surface area contributed by atoms with Crippen molar-refractivity contribution < 1.29 is 23.9 Å². The van der Waals surface area contributed by atoms with Gasteiger partial charge in [-0.3, -0.25) is 19.2 Å². The normalized spacial score (nSPS) is 10.2. The monoisotopic (exact) mass is 416 g/mol. The van der Waals surface area contributed by atoms with Gasteiger partial charge in [0.15, 0.2) is 12.4 Å². The average molecular weight is 417 g/mol. The molecule has 0 spiro atoms. The predicted octanol–water partition coefficient (Wildman–Crippen LogP) is 3.75. The molecule has 152 valence electrons. The molecular formula is C21H21ClN2O5. The highest BCUT2D eigenvalue weighted by Crippen LogP contribution is 2.20. The van der Waals surface area contributed by atoms with E-state index >= 15 is 0 Å². The molecule has 2 N–H and O–H groups in total. The van der Waals surface area contributed by atoms with Crippen molar-refractivity contribution >= 4 is 46.5 Å². The molecule has 0 aliphatic rings. The van der Waals surface area contributed by atoms with Crippen molar-refractivity contribution in [1.82, 2.24) is 0 Å². The van der Waals surface area contributed by atoms with E-state index in [9.17, 15) is 19.2 Å². The molecule has 2 aromatic carbocycles. The SMILES string of the molecule is CC(=O)c1ccc(NC(=O)CCC(=O)OCC(=O)Nc2cc(Cl)ccc2C)cc1. The average Bonchev–Trinajstić information content (AvgIpc) is 2.68. The summed E-state index contributed by atoms with van der Waals surface area (Å²) < 4.78 is 4.89. The van der Waals surface area contributed by atoms with Crippen LogP contribution in [0.2, 0.25) is 5.02 Å². The highest BCUT2D eigenvalue weighted by Gasteiger charge is 2.12. The van der Waals surface area contributed by atoms with Gasteiger partial charge in [-0.15, -0.1) is 0 Å². The Bertz CT molecular complexity index is 925. The van der Waals surface area contributed by atoms with Gasteiger partial charge in [0, 0.05) is 28.4 Å². The van der Waals surface area contributed by atoms with Crippen LogP contribution in [-0.4, -0.2) is 30.2 Å². The molecule has 29 heavy (non-hydrogen) atoms. The fourth-order valence-corrected chi connectivity index (χ4v) is 2.53. The molecule has 0 unspecified atom stereocenters. The third kappa shape index (κ3) is 7.38. The first kappa shape index (κ1) is 22.1. The van der Waals surface area contributed by atoms with Gasteiger partial charge in [0.05, 0.1) is 6.42 Å². The van der Waals surface area contributed by atoms with E-state index in [0.717, 1.165) is 5.56 Å². The number of aryl methyl sites for hydroxylation is 1. The Morgan fingerprint density at radius 3 is 2.28 bits per heavy atom. The minimum atomic E-state index is -0.662. The lowest BCUT2D eigenvalue weighted by molar-refractivity contribution is -0.147. The molecule has 0 fully saturated rings. The van der Waals surface area contributed by atoms with Crippen LogP contribution in [0.5, 0.6) is 0 Å². The van der Waals surface area contributed by atoms with Gasteiger partial charge in [-0.1, -0.05) is 17.7 Å². The number of ketones is 1. The first-order valence-corrected chi connectivity index (χ1v) is 9.25. The standard InChI is InChI=1S/C21H21ClN2O5/c1-13-3-6-16(22)11-18(13)24-20(27)12-29-21(28)10-9-19(26)23-17-7-4-15(5-8-17)14(2)25/h3-8,11H,9-10,12H2,1-2H3,(H,23,26)(H,24,27). The lowest BCUT2D eigenvalue weighted by Crippen LogP contribution is -2.22. The number of carbonyl (C=O) groups is 4. The second kappa shape index (κ2) is 10.4. The van der Waals surface area contributed by atoms with Crippen molar-refractivity contribution in [3.8, 4) is 0 Å². The number of hydrogen-bond donors (Lipinski definition) is 2. The topological polar surface area (TPSA) is 102 Å². The summed E-state index contributed by atoms with van der Waals surface area (Å²) in [7, 11) is 0. The molecule has 0 radical (unpaired) electrons. The maximum Gasteiger partial charge on any atom is 0.306 e. The van der Waals surface area contributed by atoms with Crippen LogP contribution in [0, 0.1) is 6.92 Å². The first-order chi connectivity index (χ1) is 13.7. The van der Waals surface area contributed by atoms with Crippen LogP contribution in [0.3, 0.4) is 0 Å². The van der Waals surface area contributed by atoms with Crippen molar-refractivity contribution in [2.24, 2.45) is 0 Å². The zero-order valence-electron chi connectivity index (χ0n) is 16.1. The van der Waals surface area contributed by atoms with Crippen molar-refractivity contribution in [3.05, 3.63) is 58.6 Å². The minimum Gasteiger partial charge on any atom is -0.456 e. The number of carbonyl (C=O) groups excluding carboxylic acids is 4. The molecule has 2 rings (SSSR count). The van der Waals surface area contributed by atoms with Crippen molar-refractivity contribution in [3.63, 3.8) is 0 Å². The lowest BCUT2D eigenvalue weighted by Gasteiger charge is -2.09. The summed E-state index contributed by atoms with van der Waals surface area (Å²) in [6.07, 6.45) is -0.261. The number of halogens is 1. The van der Waals surface area contributed by atoms with E-state index in [2.05, 4.69) is 10.6 Å². The number of Topliss-reactive ketones (excluding diaryl/α,β-unsaturated/α-hetero) is 1. The molecule has 0 aromatic heterocycles. The van der Waals surface area contributed by atoms with Crippen LogP contribution < -0.4 is 10.6 Å². The van der Waals surface area contributed by atoms with E-state index in [0.29, 0.717) is 22.0 Å². The molecule has 0 heterocycles. The maximum absolute atomic E-state index is 11.9.